The Hall–Kier alpha value is -2.03. The molecule has 0 aliphatic carbocycles. The van der Waals surface area contributed by atoms with Gasteiger partial charge in [0.05, 0.1) is 5.69 Å². The minimum atomic E-state index is -0.241. The van der Waals surface area contributed by atoms with E-state index in [2.05, 4.69) is 0 Å². The van der Waals surface area contributed by atoms with Gasteiger partial charge in [-0.25, -0.2) is 0 Å². The number of rotatable bonds is 2. The lowest BCUT2D eigenvalue weighted by Gasteiger charge is -2.28. The van der Waals surface area contributed by atoms with Gasteiger partial charge < -0.3 is 9.67 Å². The van der Waals surface area contributed by atoms with Gasteiger partial charge in [0, 0.05) is 29.9 Å². The number of aromatic nitrogens is 1. The average molecular weight is 313 g/mol. The van der Waals surface area contributed by atoms with Gasteiger partial charge in [0.25, 0.3) is 0 Å². The third-order valence-corrected chi connectivity index (χ3v) is 4.16. The summed E-state index contributed by atoms with van der Waals surface area (Å²) in [7, 11) is 1.86. The molecule has 3 heteroatoms. The van der Waals surface area contributed by atoms with Crippen LogP contribution in [0, 0.1) is 0 Å². The van der Waals surface area contributed by atoms with Gasteiger partial charge >= 0.3 is 0 Å². The maximum atomic E-state index is 12.9. The topological polar surface area (TPSA) is 42.2 Å². The van der Waals surface area contributed by atoms with Crippen LogP contribution in [0.15, 0.2) is 30.5 Å². The SMILES string of the molecule is Cn1cccc1C(=O)c1cc(C(C)(C)C)c(O)c(C(C)(C)C)c1. The number of carbonyl (C=O) groups is 1. The van der Waals surface area contributed by atoms with Crippen molar-refractivity contribution in [1.29, 1.82) is 0 Å². The zero-order valence-corrected chi connectivity index (χ0v) is 15.2. The lowest BCUT2D eigenvalue weighted by Crippen LogP contribution is -2.19. The van der Waals surface area contributed by atoms with Crippen LogP contribution < -0.4 is 0 Å². The Labute approximate surface area is 139 Å². The number of benzene rings is 1. The monoisotopic (exact) mass is 313 g/mol. The summed E-state index contributed by atoms with van der Waals surface area (Å²) in [5.41, 5.74) is 2.41. The van der Waals surface area contributed by atoms with Crippen LogP contribution in [0.4, 0.5) is 0 Å². The first-order chi connectivity index (χ1) is 10.4. The van der Waals surface area contributed by atoms with Gasteiger partial charge in [-0.05, 0) is 35.1 Å². The van der Waals surface area contributed by atoms with Gasteiger partial charge in [0.1, 0.15) is 5.75 Å². The molecule has 23 heavy (non-hydrogen) atoms. The molecule has 1 aromatic heterocycles. The van der Waals surface area contributed by atoms with Crippen LogP contribution in [0.3, 0.4) is 0 Å². The summed E-state index contributed by atoms with van der Waals surface area (Å²) < 4.78 is 1.82. The van der Waals surface area contributed by atoms with Crippen LogP contribution in [0.25, 0.3) is 0 Å². The fourth-order valence-electron chi connectivity index (χ4n) is 2.75. The van der Waals surface area contributed by atoms with E-state index in [1.165, 1.54) is 0 Å². The molecule has 0 bridgehead atoms. The zero-order chi connectivity index (χ0) is 17.6. The molecule has 2 rings (SSSR count). The first-order valence-corrected chi connectivity index (χ1v) is 7.97. The summed E-state index contributed by atoms with van der Waals surface area (Å²) in [4.78, 5) is 12.9. The Balaban J connectivity index is 2.70. The van der Waals surface area contributed by atoms with Crippen LogP contribution >= 0.6 is 0 Å². The van der Waals surface area contributed by atoms with E-state index >= 15 is 0 Å². The predicted molar refractivity (Wildman–Crippen MR) is 94.4 cm³/mol. The smallest absolute Gasteiger partial charge is 0.209 e. The summed E-state index contributed by atoms with van der Waals surface area (Å²) in [6, 6.07) is 7.35. The highest BCUT2D eigenvalue weighted by Gasteiger charge is 2.28. The number of hydrogen-bond acceptors (Lipinski definition) is 2. The van der Waals surface area contributed by atoms with Crippen molar-refractivity contribution in [3.8, 4) is 5.75 Å². The van der Waals surface area contributed by atoms with Crippen LogP contribution in [0.5, 0.6) is 5.75 Å². The van der Waals surface area contributed by atoms with Gasteiger partial charge in [-0.1, -0.05) is 41.5 Å². The van der Waals surface area contributed by atoms with Crippen LogP contribution in [0.1, 0.15) is 68.7 Å². The second-order valence-electron chi connectivity index (χ2n) is 8.25. The highest BCUT2D eigenvalue weighted by Crippen LogP contribution is 2.40. The molecule has 0 atom stereocenters. The highest BCUT2D eigenvalue weighted by molar-refractivity contribution is 6.08. The second kappa shape index (κ2) is 5.55. The summed E-state index contributed by atoms with van der Waals surface area (Å²) >= 11 is 0. The first-order valence-electron chi connectivity index (χ1n) is 7.97. The van der Waals surface area contributed by atoms with Gasteiger partial charge in [-0.15, -0.1) is 0 Å². The number of ketones is 1. The molecule has 0 saturated carbocycles. The molecule has 0 fully saturated rings. The van der Waals surface area contributed by atoms with E-state index < -0.39 is 0 Å². The van der Waals surface area contributed by atoms with Crippen molar-refractivity contribution in [1.82, 2.24) is 4.57 Å². The standard InChI is InChI=1S/C20H27NO2/c1-19(2,3)14-11-13(12-15(18(14)23)20(4,5)6)17(22)16-9-8-10-21(16)7/h8-12,23H,1-7H3. The first kappa shape index (κ1) is 17.3. The van der Waals surface area contributed by atoms with E-state index in [4.69, 9.17) is 0 Å². The third kappa shape index (κ3) is 3.34. The van der Waals surface area contributed by atoms with E-state index in [-0.39, 0.29) is 16.6 Å². The second-order valence-corrected chi connectivity index (χ2v) is 8.25. The molecule has 0 amide bonds. The Morgan fingerprint density at radius 2 is 1.48 bits per heavy atom. The molecule has 1 aromatic carbocycles. The predicted octanol–water partition coefficient (Wildman–Crippen LogP) is 4.56. The summed E-state index contributed by atoms with van der Waals surface area (Å²) in [6.07, 6.45) is 1.86. The van der Waals surface area contributed by atoms with Gasteiger partial charge in [0.2, 0.25) is 5.78 Å². The molecule has 0 spiro atoms. The maximum absolute atomic E-state index is 12.9. The van der Waals surface area contributed by atoms with Crippen molar-refractivity contribution in [3.63, 3.8) is 0 Å². The largest absolute Gasteiger partial charge is 0.507 e. The van der Waals surface area contributed by atoms with Crippen LogP contribution in [0.2, 0.25) is 0 Å². The van der Waals surface area contributed by atoms with E-state index in [1.807, 2.05) is 83.6 Å². The Bertz CT molecular complexity index is 705. The molecule has 0 unspecified atom stereocenters. The molecule has 1 N–H and O–H groups in total. The van der Waals surface area contributed by atoms with Crippen molar-refractivity contribution in [3.05, 3.63) is 52.8 Å². The summed E-state index contributed by atoms with van der Waals surface area (Å²) in [5, 5.41) is 10.7. The number of nitrogens with zero attached hydrogens (tertiary/aromatic N) is 1. The Kier molecular flexibility index (Phi) is 4.18. The maximum Gasteiger partial charge on any atom is 0.209 e. The number of phenolic OH excluding ortho intramolecular Hbond substituents is 1. The Morgan fingerprint density at radius 1 is 1.00 bits per heavy atom. The van der Waals surface area contributed by atoms with E-state index in [1.54, 1.807) is 0 Å². The molecule has 0 aliphatic rings. The quantitative estimate of drug-likeness (QED) is 0.826. The number of carbonyl (C=O) groups excluding carboxylic acids is 1. The highest BCUT2D eigenvalue weighted by atomic mass is 16.3. The number of aryl methyl sites for hydroxylation is 1. The lowest BCUT2D eigenvalue weighted by atomic mass is 9.78. The van der Waals surface area contributed by atoms with Gasteiger partial charge in [0.15, 0.2) is 0 Å². The molecular weight excluding hydrogens is 286 g/mol. The fourth-order valence-corrected chi connectivity index (χ4v) is 2.75. The lowest BCUT2D eigenvalue weighted by molar-refractivity contribution is 0.103. The minimum Gasteiger partial charge on any atom is -0.507 e. The van der Waals surface area contributed by atoms with Crippen molar-refractivity contribution in [2.75, 3.05) is 0 Å². The molecule has 3 nitrogen and oxygen atoms in total. The molecule has 0 aliphatic heterocycles. The molecule has 0 saturated heterocycles. The average Bonchev–Trinajstić information content (AvgIpc) is 2.81. The van der Waals surface area contributed by atoms with Crippen molar-refractivity contribution < 1.29 is 9.90 Å². The van der Waals surface area contributed by atoms with Crippen molar-refractivity contribution >= 4 is 5.78 Å². The fraction of sp³-hybridized carbons (Fsp3) is 0.450. The number of hydrogen-bond donors (Lipinski definition) is 1. The minimum absolute atomic E-state index is 0.0199. The molecular formula is C20H27NO2. The van der Waals surface area contributed by atoms with Crippen molar-refractivity contribution in [2.24, 2.45) is 7.05 Å². The summed E-state index contributed by atoms with van der Waals surface area (Å²) in [5.74, 6) is 0.280. The Morgan fingerprint density at radius 3 is 1.83 bits per heavy atom. The normalized spacial score (nSPS) is 12.5. The van der Waals surface area contributed by atoms with Crippen LogP contribution in [-0.4, -0.2) is 15.5 Å². The molecule has 0 radical (unpaired) electrons. The summed E-state index contributed by atoms with van der Waals surface area (Å²) in [6.45, 7) is 12.3. The van der Waals surface area contributed by atoms with E-state index in [9.17, 15) is 9.90 Å². The van der Waals surface area contributed by atoms with Crippen LogP contribution in [-0.2, 0) is 17.9 Å². The molecule has 2 aromatic rings. The van der Waals surface area contributed by atoms with Crippen molar-refractivity contribution in [2.45, 2.75) is 52.4 Å². The van der Waals surface area contributed by atoms with E-state index in [0.717, 1.165) is 11.1 Å². The van der Waals surface area contributed by atoms with Gasteiger partial charge in [-0.3, -0.25) is 4.79 Å². The van der Waals surface area contributed by atoms with Gasteiger partial charge in [-0.2, -0.15) is 0 Å². The van der Waals surface area contributed by atoms with E-state index in [0.29, 0.717) is 17.0 Å². The molecule has 124 valence electrons. The zero-order valence-electron chi connectivity index (χ0n) is 15.2. The number of aromatic hydroxyl groups is 1. The third-order valence-electron chi connectivity index (χ3n) is 4.16. The molecule has 1 heterocycles. The number of phenols is 1.